The summed E-state index contributed by atoms with van der Waals surface area (Å²) in [4.78, 5) is 15.0. The van der Waals surface area contributed by atoms with Crippen LogP contribution in [-0.4, -0.2) is 40.9 Å². The van der Waals surface area contributed by atoms with Gasteiger partial charge in [-0.1, -0.05) is 6.08 Å². The van der Waals surface area contributed by atoms with Crippen molar-refractivity contribution in [1.29, 1.82) is 0 Å². The van der Waals surface area contributed by atoms with Crippen molar-refractivity contribution in [2.75, 3.05) is 6.54 Å². The van der Waals surface area contributed by atoms with Gasteiger partial charge >= 0.3 is 13.1 Å². The lowest BCUT2D eigenvalue weighted by Gasteiger charge is -2.32. The third-order valence-corrected chi connectivity index (χ3v) is 4.45. The van der Waals surface area contributed by atoms with E-state index in [4.69, 9.17) is 20.1 Å². The van der Waals surface area contributed by atoms with E-state index in [0.29, 0.717) is 5.56 Å². The van der Waals surface area contributed by atoms with Crippen LogP contribution in [0.15, 0.2) is 17.7 Å². The first-order valence-electron chi connectivity index (χ1n) is 7.53. The Hall–Kier alpha value is -1.70. The highest BCUT2D eigenvalue weighted by atomic mass is 16.7. The Kier molecular flexibility index (Phi) is 4.66. The van der Waals surface area contributed by atoms with Crippen molar-refractivity contribution in [3.05, 3.63) is 34.6 Å². The third-order valence-electron chi connectivity index (χ3n) is 4.45. The lowest BCUT2D eigenvalue weighted by Crippen LogP contribution is -2.41. The molecule has 0 bridgehead atoms. The molecule has 0 aromatic carbocycles. The summed E-state index contributed by atoms with van der Waals surface area (Å²) in [7, 11) is -0.524. The van der Waals surface area contributed by atoms with Crippen LogP contribution in [0.1, 0.15) is 49.3 Å². The van der Waals surface area contributed by atoms with E-state index in [-0.39, 0.29) is 12.2 Å². The molecule has 1 aromatic heterocycles. The maximum absolute atomic E-state index is 11.0. The van der Waals surface area contributed by atoms with Gasteiger partial charge in [-0.05, 0) is 57.3 Å². The van der Waals surface area contributed by atoms with E-state index in [1.54, 1.807) is 13.0 Å². The number of nitrogens with zero attached hydrogens (tertiary/aromatic N) is 1. The zero-order valence-corrected chi connectivity index (χ0v) is 14.2. The monoisotopic (exact) mass is 318 g/mol. The summed E-state index contributed by atoms with van der Waals surface area (Å²) in [5.41, 5.74) is 7.17. The molecule has 3 N–H and O–H groups in total. The predicted octanol–water partition coefficient (Wildman–Crippen LogP) is 2.06. The maximum Gasteiger partial charge on any atom is 0.491 e. The molecule has 6 nitrogen and oxygen atoms in total. The highest BCUT2D eigenvalue weighted by Crippen LogP contribution is 2.38. The fraction of sp³-hybridized carbons (Fsp3) is 0.500. The standard InChI is InChI=1S/C16H23BN2O4/c1-10-6-11(9-19-13(10)14(20)21)7-12(8-18)17-22-15(2,3)16(4,5)23-17/h6-7,9H,8,18H2,1-5H3,(H,20,21). The Morgan fingerprint density at radius 1 is 1.35 bits per heavy atom. The van der Waals surface area contributed by atoms with Crippen molar-refractivity contribution in [2.45, 2.75) is 45.8 Å². The second-order valence-electron chi connectivity index (χ2n) is 6.75. The molecular formula is C16H23BN2O4. The Morgan fingerprint density at radius 3 is 2.35 bits per heavy atom. The van der Waals surface area contributed by atoms with Gasteiger partial charge in [-0.3, -0.25) is 0 Å². The summed E-state index contributed by atoms with van der Waals surface area (Å²) >= 11 is 0. The van der Waals surface area contributed by atoms with Crippen LogP contribution in [0.2, 0.25) is 0 Å². The van der Waals surface area contributed by atoms with E-state index in [1.807, 2.05) is 33.8 Å². The molecule has 1 saturated heterocycles. The highest BCUT2D eigenvalue weighted by molar-refractivity contribution is 6.55. The largest absolute Gasteiger partial charge is 0.491 e. The number of rotatable bonds is 4. The molecule has 1 aliphatic heterocycles. The summed E-state index contributed by atoms with van der Waals surface area (Å²) in [6.07, 6.45) is 3.35. The van der Waals surface area contributed by atoms with E-state index in [0.717, 1.165) is 11.0 Å². The molecule has 0 unspecified atom stereocenters. The second-order valence-corrected chi connectivity index (χ2v) is 6.75. The molecule has 124 valence electrons. The fourth-order valence-electron chi connectivity index (χ4n) is 2.33. The van der Waals surface area contributed by atoms with Crippen molar-refractivity contribution in [3.8, 4) is 0 Å². The molecule has 1 fully saturated rings. The van der Waals surface area contributed by atoms with Crippen LogP contribution < -0.4 is 5.73 Å². The van der Waals surface area contributed by atoms with Gasteiger partial charge in [0.25, 0.3) is 0 Å². The molecule has 7 heteroatoms. The summed E-state index contributed by atoms with van der Waals surface area (Å²) in [6.45, 7) is 9.91. The van der Waals surface area contributed by atoms with E-state index >= 15 is 0 Å². The first-order chi connectivity index (χ1) is 10.6. The van der Waals surface area contributed by atoms with Gasteiger partial charge in [0, 0.05) is 12.7 Å². The zero-order chi connectivity index (χ0) is 17.4. The molecule has 0 radical (unpaired) electrons. The van der Waals surface area contributed by atoms with Gasteiger partial charge in [-0.2, -0.15) is 0 Å². The second kappa shape index (κ2) is 6.07. The Balaban J connectivity index is 2.30. The molecule has 1 aliphatic rings. The first kappa shape index (κ1) is 17.7. The normalized spacial score (nSPS) is 19.9. The average Bonchev–Trinajstić information content (AvgIpc) is 2.64. The lowest BCUT2D eigenvalue weighted by atomic mass is 9.77. The topological polar surface area (TPSA) is 94.7 Å². The van der Waals surface area contributed by atoms with Gasteiger partial charge in [0.05, 0.1) is 11.2 Å². The Labute approximate surface area is 136 Å². The number of carbonyl (C=O) groups is 1. The minimum Gasteiger partial charge on any atom is -0.477 e. The number of pyridine rings is 1. The smallest absolute Gasteiger partial charge is 0.477 e. The molecule has 2 heterocycles. The number of aromatic nitrogens is 1. The number of nitrogens with two attached hydrogens (primary N) is 1. The van der Waals surface area contributed by atoms with Crippen molar-refractivity contribution in [3.63, 3.8) is 0 Å². The highest BCUT2D eigenvalue weighted by Gasteiger charge is 2.52. The molecule has 0 atom stereocenters. The minimum atomic E-state index is -1.04. The van der Waals surface area contributed by atoms with Crippen LogP contribution in [0.5, 0.6) is 0 Å². The van der Waals surface area contributed by atoms with Gasteiger partial charge in [0.1, 0.15) is 0 Å². The van der Waals surface area contributed by atoms with Gasteiger partial charge in [0.15, 0.2) is 5.69 Å². The molecule has 1 aromatic rings. The number of aromatic carboxylic acids is 1. The summed E-state index contributed by atoms with van der Waals surface area (Å²) < 4.78 is 12.0. The SMILES string of the molecule is Cc1cc(C=C(CN)B2OC(C)(C)C(C)(C)O2)cnc1C(=O)O. The van der Waals surface area contributed by atoms with Gasteiger partial charge < -0.3 is 20.1 Å². The van der Waals surface area contributed by atoms with Crippen molar-refractivity contribution >= 4 is 19.2 Å². The fourth-order valence-corrected chi connectivity index (χ4v) is 2.33. The molecule has 0 aliphatic carbocycles. The zero-order valence-electron chi connectivity index (χ0n) is 14.2. The van der Waals surface area contributed by atoms with Crippen LogP contribution in [0.25, 0.3) is 6.08 Å². The lowest BCUT2D eigenvalue weighted by molar-refractivity contribution is 0.00578. The summed E-state index contributed by atoms with van der Waals surface area (Å²) in [5.74, 6) is -1.04. The van der Waals surface area contributed by atoms with Crippen LogP contribution >= 0.6 is 0 Å². The van der Waals surface area contributed by atoms with E-state index in [2.05, 4.69) is 4.98 Å². The minimum absolute atomic E-state index is 0.0482. The Morgan fingerprint density at radius 2 is 1.91 bits per heavy atom. The average molecular weight is 318 g/mol. The van der Waals surface area contributed by atoms with E-state index in [1.165, 1.54) is 6.20 Å². The summed E-state index contributed by atoms with van der Waals surface area (Å²) in [5, 5.41) is 9.03. The number of aryl methyl sites for hydroxylation is 1. The number of carboxylic acids is 1. The Bertz CT molecular complexity index is 639. The molecule has 0 amide bonds. The quantitative estimate of drug-likeness (QED) is 0.825. The summed E-state index contributed by atoms with van der Waals surface area (Å²) in [6, 6.07) is 1.76. The molecule has 0 spiro atoms. The van der Waals surface area contributed by atoms with Crippen molar-refractivity contribution in [2.24, 2.45) is 5.73 Å². The molecule has 2 rings (SSSR count). The van der Waals surface area contributed by atoms with Gasteiger partial charge in [0.2, 0.25) is 0 Å². The number of hydrogen-bond acceptors (Lipinski definition) is 5. The van der Waals surface area contributed by atoms with Gasteiger partial charge in [-0.15, -0.1) is 0 Å². The number of hydrogen-bond donors (Lipinski definition) is 2. The van der Waals surface area contributed by atoms with Crippen molar-refractivity contribution < 1.29 is 19.2 Å². The number of carboxylic acid groups (broad SMARTS) is 1. The molecular weight excluding hydrogens is 295 g/mol. The van der Waals surface area contributed by atoms with Crippen LogP contribution in [0, 0.1) is 6.92 Å². The molecule has 23 heavy (non-hydrogen) atoms. The molecule has 0 saturated carbocycles. The van der Waals surface area contributed by atoms with Crippen LogP contribution in [0.3, 0.4) is 0 Å². The third kappa shape index (κ3) is 3.47. The van der Waals surface area contributed by atoms with E-state index < -0.39 is 24.3 Å². The van der Waals surface area contributed by atoms with E-state index in [9.17, 15) is 4.79 Å². The van der Waals surface area contributed by atoms with Crippen LogP contribution in [-0.2, 0) is 9.31 Å². The first-order valence-corrected chi connectivity index (χ1v) is 7.53. The maximum atomic E-state index is 11.0. The van der Waals surface area contributed by atoms with Crippen molar-refractivity contribution in [1.82, 2.24) is 4.98 Å². The predicted molar refractivity (Wildman–Crippen MR) is 89.0 cm³/mol. The van der Waals surface area contributed by atoms with Gasteiger partial charge in [-0.25, -0.2) is 9.78 Å². The van der Waals surface area contributed by atoms with Crippen LogP contribution in [0.4, 0.5) is 0 Å².